The van der Waals surface area contributed by atoms with Crippen LogP contribution in [0.1, 0.15) is 55.8 Å². The van der Waals surface area contributed by atoms with E-state index < -0.39 is 17.5 Å². The third-order valence-corrected chi connectivity index (χ3v) is 6.67. The first kappa shape index (κ1) is 21.0. The molecule has 4 rings (SSSR count). The monoisotopic (exact) mass is 421 g/mol. The first-order valence-corrected chi connectivity index (χ1v) is 10.9. The highest BCUT2D eigenvalue weighted by Gasteiger charge is 2.45. The summed E-state index contributed by atoms with van der Waals surface area (Å²) in [5, 5.41) is 2.92. The SMILES string of the molecule is CCOC(=O)N1C2CCC1CC(N1CCCC(NC(=O)c3ccc(F)cc3F)C1)C2. The average Bonchev–Trinajstić information content (AvgIpc) is 2.98. The van der Waals surface area contributed by atoms with E-state index in [0.29, 0.717) is 19.2 Å². The summed E-state index contributed by atoms with van der Waals surface area (Å²) in [6.45, 7) is 3.88. The molecular weight excluding hydrogens is 392 g/mol. The van der Waals surface area contributed by atoms with Gasteiger partial charge in [-0.25, -0.2) is 13.6 Å². The van der Waals surface area contributed by atoms with Crippen molar-refractivity contribution in [1.29, 1.82) is 0 Å². The topological polar surface area (TPSA) is 61.9 Å². The Morgan fingerprint density at radius 2 is 1.87 bits per heavy atom. The first-order chi connectivity index (χ1) is 14.5. The number of amides is 2. The van der Waals surface area contributed by atoms with Crippen molar-refractivity contribution in [2.45, 2.75) is 69.6 Å². The van der Waals surface area contributed by atoms with Gasteiger partial charge in [-0.2, -0.15) is 0 Å². The van der Waals surface area contributed by atoms with Gasteiger partial charge in [0.05, 0.1) is 12.2 Å². The van der Waals surface area contributed by atoms with Crippen molar-refractivity contribution >= 4 is 12.0 Å². The fourth-order valence-electron chi connectivity index (χ4n) is 5.34. The molecule has 8 heteroatoms. The van der Waals surface area contributed by atoms with Gasteiger partial charge in [0.1, 0.15) is 11.6 Å². The number of nitrogens with one attached hydrogen (secondary N) is 1. The van der Waals surface area contributed by atoms with Crippen molar-refractivity contribution in [1.82, 2.24) is 15.1 Å². The average molecular weight is 421 g/mol. The van der Waals surface area contributed by atoms with Gasteiger partial charge in [0, 0.05) is 36.8 Å². The van der Waals surface area contributed by atoms with E-state index in [1.807, 2.05) is 11.8 Å². The molecule has 3 aliphatic rings. The predicted octanol–water partition coefficient (Wildman–Crippen LogP) is 3.31. The molecule has 0 saturated carbocycles. The third kappa shape index (κ3) is 4.29. The number of carbonyl (C=O) groups is 2. The highest BCUT2D eigenvalue weighted by molar-refractivity contribution is 5.94. The molecule has 1 aromatic carbocycles. The number of halogens is 2. The van der Waals surface area contributed by atoms with Gasteiger partial charge in [-0.15, -0.1) is 0 Å². The van der Waals surface area contributed by atoms with Gasteiger partial charge in [-0.05, 0) is 64.1 Å². The maximum Gasteiger partial charge on any atom is 0.410 e. The van der Waals surface area contributed by atoms with Crippen LogP contribution >= 0.6 is 0 Å². The summed E-state index contributed by atoms with van der Waals surface area (Å²) in [4.78, 5) is 29.1. The van der Waals surface area contributed by atoms with Gasteiger partial charge >= 0.3 is 6.09 Å². The van der Waals surface area contributed by atoms with E-state index >= 15 is 0 Å². The molecule has 3 unspecified atom stereocenters. The lowest BCUT2D eigenvalue weighted by Gasteiger charge is -2.45. The number of likely N-dealkylation sites (tertiary alicyclic amines) is 1. The highest BCUT2D eigenvalue weighted by atomic mass is 19.1. The van der Waals surface area contributed by atoms with Crippen LogP contribution < -0.4 is 5.32 Å². The Morgan fingerprint density at radius 1 is 1.13 bits per heavy atom. The normalized spacial score (nSPS) is 29.0. The molecule has 3 atom stereocenters. The second-order valence-corrected chi connectivity index (χ2v) is 8.55. The number of fused-ring (bicyclic) bond motifs is 2. The van der Waals surface area contributed by atoms with Gasteiger partial charge in [-0.3, -0.25) is 9.69 Å². The highest BCUT2D eigenvalue weighted by Crippen LogP contribution is 2.38. The molecule has 2 amide bonds. The molecule has 3 saturated heterocycles. The molecule has 0 aromatic heterocycles. The minimum atomic E-state index is -0.844. The molecule has 1 aromatic rings. The Balaban J connectivity index is 1.36. The van der Waals surface area contributed by atoms with Crippen molar-refractivity contribution < 1.29 is 23.1 Å². The van der Waals surface area contributed by atoms with E-state index in [1.54, 1.807) is 0 Å². The number of rotatable bonds is 4. The Kier molecular flexibility index (Phi) is 6.22. The van der Waals surface area contributed by atoms with Crippen LogP contribution in [-0.4, -0.2) is 65.7 Å². The number of hydrogen-bond acceptors (Lipinski definition) is 4. The Bertz CT molecular complexity index is 792. The van der Waals surface area contributed by atoms with Gasteiger partial charge in [0.25, 0.3) is 5.91 Å². The molecule has 0 aliphatic carbocycles. The van der Waals surface area contributed by atoms with Gasteiger partial charge in [-0.1, -0.05) is 0 Å². The Labute approximate surface area is 175 Å². The summed E-state index contributed by atoms with van der Waals surface area (Å²) in [6.07, 6.45) is 5.44. The van der Waals surface area contributed by atoms with Gasteiger partial charge in [0.15, 0.2) is 0 Å². The van der Waals surface area contributed by atoms with Crippen LogP contribution in [-0.2, 0) is 4.74 Å². The second-order valence-electron chi connectivity index (χ2n) is 8.55. The smallest absolute Gasteiger partial charge is 0.410 e. The number of piperidine rings is 2. The van der Waals surface area contributed by atoms with Gasteiger partial charge < -0.3 is 15.0 Å². The maximum atomic E-state index is 13.9. The van der Waals surface area contributed by atoms with Crippen LogP contribution in [0.3, 0.4) is 0 Å². The number of nitrogens with zero attached hydrogens (tertiary/aromatic N) is 2. The lowest BCUT2D eigenvalue weighted by molar-refractivity contribution is 0.0308. The molecular formula is C22H29F2N3O3. The Morgan fingerprint density at radius 3 is 2.53 bits per heavy atom. The minimum Gasteiger partial charge on any atom is -0.450 e. The zero-order chi connectivity index (χ0) is 21.3. The lowest BCUT2D eigenvalue weighted by atomic mass is 9.93. The summed E-state index contributed by atoms with van der Waals surface area (Å²) in [5.41, 5.74) is -0.130. The molecule has 1 N–H and O–H groups in total. The molecule has 2 bridgehead atoms. The third-order valence-electron chi connectivity index (χ3n) is 6.67. The van der Waals surface area contributed by atoms with Crippen molar-refractivity contribution in [3.8, 4) is 0 Å². The fraction of sp³-hybridized carbons (Fsp3) is 0.636. The van der Waals surface area contributed by atoms with Crippen LogP contribution in [0, 0.1) is 11.6 Å². The first-order valence-electron chi connectivity index (χ1n) is 10.9. The predicted molar refractivity (Wildman–Crippen MR) is 107 cm³/mol. The lowest BCUT2D eigenvalue weighted by Crippen LogP contribution is -2.56. The van der Waals surface area contributed by atoms with Gasteiger partial charge in [0.2, 0.25) is 0 Å². The van der Waals surface area contributed by atoms with Crippen LogP contribution in [0.2, 0.25) is 0 Å². The number of carbonyl (C=O) groups excluding carboxylic acids is 2. The number of ether oxygens (including phenoxy) is 1. The number of benzene rings is 1. The maximum absolute atomic E-state index is 13.9. The Hall–Kier alpha value is -2.22. The molecule has 0 radical (unpaired) electrons. The van der Waals surface area contributed by atoms with Crippen molar-refractivity contribution in [3.63, 3.8) is 0 Å². The standard InChI is InChI=1S/C22H29F2N3O3/c1-2-30-22(29)27-16-6-7-17(27)12-18(11-16)26-9-3-4-15(13-26)25-21(28)19-8-5-14(23)10-20(19)24/h5,8,10,15-18H,2-4,6-7,9,11-13H2,1H3,(H,25,28). The van der Waals surface area contributed by atoms with E-state index in [4.69, 9.17) is 4.74 Å². The van der Waals surface area contributed by atoms with Crippen molar-refractivity contribution in [2.75, 3.05) is 19.7 Å². The summed E-state index contributed by atoms with van der Waals surface area (Å²) >= 11 is 0. The molecule has 164 valence electrons. The fourth-order valence-corrected chi connectivity index (χ4v) is 5.34. The van der Waals surface area contributed by atoms with Crippen LogP contribution in [0.5, 0.6) is 0 Å². The minimum absolute atomic E-state index is 0.0727. The molecule has 6 nitrogen and oxygen atoms in total. The van der Waals surface area contributed by atoms with Crippen molar-refractivity contribution in [2.24, 2.45) is 0 Å². The molecule has 3 heterocycles. The molecule has 3 aliphatic heterocycles. The van der Waals surface area contributed by atoms with E-state index in [2.05, 4.69) is 10.2 Å². The van der Waals surface area contributed by atoms with E-state index in [1.165, 1.54) is 6.07 Å². The largest absolute Gasteiger partial charge is 0.450 e. The molecule has 3 fully saturated rings. The summed E-state index contributed by atoms with van der Waals surface area (Å²) in [5.74, 6) is -2.05. The van der Waals surface area contributed by atoms with E-state index in [0.717, 1.165) is 57.2 Å². The summed E-state index contributed by atoms with van der Waals surface area (Å²) in [7, 11) is 0. The second kappa shape index (κ2) is 8.88. The quantitative estimate of drug-likeness (QED) is 0.810. The summed E-state index contributed by atoms with van der Waals surface area (Å²) in [6, 6.07) is 3.75. The van der Waals surface area contributed by atoms with Crippen molar-refractivity contribution in [3.05, 3.63) is 35.4 Å². The molecule has 30 heavy (non-hydrogen) atoms. The molecule has 0 spiro atoms. The van der Waals surface area contributed by atoms with Crippen LogP contribution in [0.25, 0.3) is 0 Å². The van der Waals surface area contributed by atoms with Crippen LogP contribution in [0.15, 0.2) is 18.2 Å². The van der Waals surface area contributed by atoms with E-state index in [-0.39, 0.29) is 29.8 Å². The zero-order valence-electron chi connectivity index (χ0n) is 17.3. The summed E-state index contributed by atoms with van der Waals surface area (Å²) < 4.78 is 32.3. The zero-order valence-corrected chi connectivity index (χ0v) is 17.3. The number of hydrogen-bond donors (Lipinski definition) is 1. The van der Waals surface area contributed by atoms with Crippen LogP contribution in [0.4, 0.5) is 13.6 Å². The van der Waals surface area contributed by atoms with E-state index in [9.17, 15) is 18.4 Å².